The molecule has 0 spiro atoms. The van der Waals surface area contributed by atoms with Crippen molar-refractivity contribution in [2.75, 3.05) is 0 Å². The molecule has 126 valence electrons. The third kappa shape index (κ3) is 2.09. The van der Waals surface area contributed by atoms with E-state index in [2.05, 4.69) is 0 Å². The molecule has 0 bridgehead atoms. The molecule has 0 atom stereocenters. The number of ether oxygens (including phenoxy) is 1. The maximum Gasteiger partial charge on any atom is 0.215 e. The average molecular weight is 343 g/mol. The van der Waals surface area contributed by atoms with Crippen LogP contribution in [-0.4, -0.2) is 10.4 Å². The molecule has 0 saturated heterocycles. The van der Waals surface area contributed by atoms with E-state index in [1.165, 1.54) is 12.1 Å². The normalized spacial score (nSPS) is 12.3. The van der Waals surface area contributed by atoms with Gasteiger partial charge in [-0.05, 0) is 35.9 Å². The molecule has 3 nitrogen and oxygen atoms in total. The Bertz CT molecular complexity index is 1160. The topological polar surface area (TPSA) is 31.2 Å². The number of hydrogen-bond donors (Lipinski definition) is 0. The van der Waals surface area contributed by atoms with Crippen LogP contribution in [0, 0.1) is 5.82 Å². The molecule has 1 aliphatic heterocycles. The number of carbonyl (C=O) groups is 1. The summed E-state index contributed by atoms with van der Waals surface area (Å²) in [6.07, 6.45) is 0. The zero-order chi connectivity index (χ0) is 17.7. The summed E-state index contributed by atoms with van der Waals surface area (Å²) in [5, 5.41) is 0.610. The third-order valence-corrected chi connectivity index (χ3v) is 4.71. The van der Waals surface area contributed by atoms with Gasteiger partial charge in [-0.1, -0.05) is 42.5 Å². The van der Waals surface area contributed by atoms with Crippen molar-refractivity contribution in [1.82, 2.24) is 4.57 Å². The maximum atomic E-state index is 13.9. The van der Waals surface area contributed by atoms with Gasteiger partial charge >= 0.3 is 0 Å². The molecule has 0 unspecified atom stereocenters. The molecule has 3 aromatic carbocycles. The van der Waals surface area contributed by atoms with Crippen molar-refractivity contribution in [1.29, 1.82) is 0 Å². The van der Waals surface area contributed by atoms with Crippen LogP contribution >= 0.6 is 0 Å². The Labute approximate surface area is 149 Å². The molecular weight excluding hydrogens is 329 g/mol. The first-order chi connectivity index (χ1) is 12.7. The second-order valence-electron chi connectivity index (χ2n) is 6.30. The first-order valence-corrected chi connectivity index (χ1v) is 8.39. The van der Waals surface area contributed by atoms with Gasteiger partial charge in [0.25, 0.3) is 0 Å². The van der Waals surface area contributed by atoms with E-state index in [9.17, 15) is 9.18 Å². The predicted molar refractivity (Wildman–Crippen MR) is 97.4 cm³/mol. The lowest BCUT2D eigenvalue weighted by atomic mass is 10.1. The standard InChI is InChI=1S/C22H14FNO2/c23-15-10-11-19-17(12-15)22(26-13-14-6-2-1-3-7-14)20-21(25)16-8-4-5-9-18(16)24(19)20/h1-12H,13H2. The Morgan fingerprint density at radius 2 is 1.69 bits per heavy atom. The number of nitrogens with zero attached hydrogens (tertiary/aromatic N) is 1. The van der Waals surface area contributed by atoms with Crippen molar-refractivity contribution < 1.29 is 13.9 Å². The Morgan fingerprint density at radius 1 is 0.923 bits per heavy atom. The van der Waals surface area contributed by atoms with Crippen LogP contribution in [0.25, 0.3) is 16.6 Å². The minimum atomic E-state index is -0.355. The largest absolute Gasteiger partial charge is 0.486 e. The van der Waals surface area contributed by atoms with Gasteiger partial charge in [0.15, 0.2) is 5.75 Å². The lowest BCUT2D eigenvalue weighted by Crippen LogP contribution is -2.02. The highest BCUT2D eigenvalue weighted by Crippen LogP contribution is 2.42. The van der Waals surface area contributed by atoms with E-state index >= 15 is 0 Å². The number of carbonyl (C=O) groups excluding carboxylic acids is 1. The van der Waals surface area contributed by atoms with Gasteiger partial charge in [0.1, 0.15) is 18.1 Å². The van der Waals surface area contributed by atoms with Gasteiger partial charge < -0.3 is 9.30 Å². The van der Waals surface area contributed by atoms with Gasteiger partial charge in [-0.25, -0.2) is 4.39 Å². The number of para-hydroxylation sites is 1. The second-order valence-corrected chi connectivity index (χ2v) is 6.30. The van der Waals surface area contributed by atoms with E-state index in [0.29, 0.717) is 29.0 Å². The maximum absolute atomic E-state index is 13.9. The average Bonchev–Trinajstić information content (AvgIpc) is 3.14. The molecule has 2 heterocycles. The van der Waals surface area contributed by atoms with E-state index in [1.807, 2.05) is 53.1 Å². The van der Waals surface area contributed by atoms with Crippen molar-refractivity contribution in [2.45, 2.75) is 6.61 Å². The molecule has 1 aliphatic rings. The molecule has 0 fully saturated rings. The summed E-state index contributed by atoms with van der Waals surface area (Å²) in [5.74, 6) is -0.0168. The summed E-state index contributed by atoms with van der Waals surface area (Å²) in [6, 6.07) is 21.7. The minimum Gasteiger partial charge on any atom is -0.486 e. The fourth-order valence-electron chi connectivity index (χ4n) is 3.55. The molecule has 0 aliphatic carbocycles. The first-order valence-electron chi connectivity index (χ1n) is 8.39. The van der Waals surface area contributed by atoms with E-state index in [0.717, 1.165) is 16.8 Å². The number of aromatic nitrogens is 1. The van der Waals surface area contributed by atoms with Gasteiger partial charge in [0.05, 0.1) is 11.2 Å². The van der Waals surface area contributed by atoms with Crippen molar-refractivity contribution in [2.24, 2.45) is 0 Å². The molecular formula is C22H14FNO2. The summed E-state index contributed by atoms with van der Waals surface area (Å²) < 4.78 is 21.8. The second kappa shape index (κ2) is 5.56. The third-order valence-electron chi connectivity index (χ3n) is 4.71. The quantitative estimate of drug-likeness (QED) is 0.467. The van der Waals surface area contributed by atoms with Crippen LogP contribution in [0.5, 0.6) is 5.75 Å². The smallest absolute Gasteiger partial charge is 0.215 e. The highest BCUT2D eigenvalue weighted by Gasteiger charge is 2.33. The van der Waals surface area contributed by atoms with Gasteiger partial charge in [-0.2, -0.15) is 0 Å². The fourth-order valence-corrected chi connectivity index (χ4v) is 3.55. The van der Waals surface area contributed by atoms with E-state index in [4.69, 9.17) is 4.74 Å². The van der Waals surface area contributed by atoms with Crippen LogP contribution in [0.2, 0.25) is 0 Å². The molecule has 26 heavy (non-hydrogen) atoms. The molecule has 0 saturated carbocycles. The van der Waals surface area contributed by atoms with Crippen LogP contribution in [0.15, 0.2) is 72.8 Å². The van der Waals surface area contributed by atoms with Gasteiger partial charge in [-0.3, -0.25) is 4.79 Å². The van der Waals surface area contributed by atoms with Crippen LogP contribution in [0.3, 0.4) is 0 Å². The SMILES string of the molecule is O=C1c2ccccc2-n2c1c(OCc1ccccc1)c1cc(F)ccc12. The molecule has 1 aromatic heterocycles. The van der Waals surface area contributed by atoms with Crippen molar-refractivity contribution >= 4 is 16.7 Å². The van der Waals surface area contributed by atoms with Gasteiger partial charge in [-0.15, -0.1) is 0 Å². The van der Waals surface area contributed by atoms with Crippen molar-refractivity contribution in [3.05, 3.63) is 95.4 Å². The molecule has 5 rings (SSSR count). The number of halogens is 1. The molecule has 4 heteroatoms. The Hall–Kier alpha value is -3.40. The van der Waals surface area contributed by atoms with Crippen LogP contribution in [0.4, 0.5) is 4.39 Å². The summed E-state index contributed by atoms with van der Waals surface area (Å²) in [5.41, 5.74) is 3.66. The number of hydrogen-bond acceptors (Lipinski definition) is 2. The highest BCUT2D eigenvalue weighted by molar-refractivity contribution is 6.19. The molecule has 0 N–H and O–H groups in total. The number of fused-ring (bicyclic) bond motifs is 5. The summed E-state index contributed by atoms with van der Waals surface area (Å²) in [7, 11) is 0. The zero-order valence-electron chi connectivity index (χ0n) is 13.8. The number of rotatable bonds is 3. The van der Waals surface area contributed by atoms with E-state index in [-0.39, 0.29) is 11.6 Å². The Balaban J connectivity index is 1.71. The molecule has 0 radical (unpaired) electrons. The van der Waals surface area contributed by atoms with Crippen LogP contribution in [-0.2, 0) is 6.61 Å². The Kier molecular flexibility index (Phi) is 3.19. The van der Waals surface area contributed by atoms with Crippen molar-refractivity contribution in [3.63, 3.8) is 0 Å². The monoisotopic (exact) mass is 343 g/mol. The van der Waals surface area contributed by atoms with Gasteiger partial charge in [0.2, 0.25) is 5.78 Å². The first kappa shape index (κ1) is 14.9. The summed E-state index contributed by atoms with van der Waals surface area (Å²) >= 11 is 0. The van der Waals surface area contributed by atoms with Crippen molar-refractivity contribution in [3.8, 4) is 11.4 Å². The lowest BCUT2D eigenvalue weighted by Gasteiger charge is -2.07. The molecule has 0 amide bonds. The fraction of sp³-hybridized carbons (Fsp3) is 0.0455. The van der Waals surface area contributed by atoms with Crippen LogP contribution < -0.4 is 4.74 Å². The predicted octanol–water partition coefficient (Wildman–Crippen LogP) is 4.89. The zero-order valence-corrected chi connectivity index (χ0v) is 13.8. The van der Waals surface area contributed by atoms with E-state index in [1.54, 1.807) is 12.1 Å². The molecule has 4 aromatic rings. The summed E-state index contributed by atoms with van der Waals surface area (Å²) in [4.78, 5) is 13.0. The highest BCUT2D eigenvalue weighted by atomic mass is 19.1. The summed E-state index contributed by atoms with van der Waals surface area (Å²) in [6.45, 7) is 0.313. The minimum absolute atomic E-state index is 0.0970. The Morgan fingerprint density at radius 3 is 2.54 bits per heavy atom. The van der Waals surface area contributed by atoms with Crippen LogP contribution in [0.1, 0.15) is 21.6 Å². The lowest BCUT2D eigenvalue weighted by molar-refractivity contribution is 0.103. The number of benzene rings is 3. The van der Waals surface area contributed by atoms with E-state index < -0.39 is 0 Å². The number of ketones is 1. The van der Waals surface area contributed by atoms with Gasteiger partial charge in [0, 0.05) is 10.9 Å².